The fourth-order valence-electron chi connectivity index (χ4n) is 5.58. The van der Waals surface area contributed by atoms with Crippen LogP contribution in [0, 0.1) is 0 Å². The van der Waals surface area contributed by atoms with E-state index in [0.29, 0.717) is 5.82 Å². The number of rotatable bonds is 4. The Hall–Kier alpha value is -5.74. The van der Waals surface area contributed by atoms with E-state index in [1.165, 1.54) is 0 Å². The first-order valence-corrected chi connectivity index (χ1v) is 14.0. The zero-order valence-corrected chi connectivity index (χ0v) is 22.6. The van der Waals surface area contributed by atoms with E-state index in [1.807, 2.05) is 54.6 Å². The summed E-state index contributed by atoms with van der Waals surface area (Å²) in [7, 11) is 0. The zero-order chi connectivity index (χ0) is 27.9. The molecule has 0 aliphatic carbocycles. The van der Waals surface area contributed by atoms with Gasteiger partial charge in [0.2, 0.25) is 0 Å². The molecule has 42 heavy (non-hydrogen) atoms. The Morgan fingerprint density at radius 3 is 1.55 bits per heavy atom. The summed E-state index contributed by atoms with van der Waals surface area (Å²) in [6.45, 7) is 0. The third-order valence-corrected chi connectivity index (χ3v) is 7.67. The average Bonchev–Trinajstić information content (AvgIpc) is 3.08. The van der Waals surface area contributed by atoms with Gasteiger partial charge in [0, 0.05) is 38.4 Å². The molecule has 0 spiro atoms. The summed E-state index contributed by atoms with van der Waals surface area (Å²) in [4.78, 5) is 20.5. The molecule has 0 aliphatic rings. The first-order valence-electron chi connectivity index (χ1n) is 14.0. The van der Waals surface area contributed by atoms with Gasteiger partial charge in [-0.2, -0.15) is 0 Å². The minimum atomic E-state index is 0.690. The number of para-hydroxylation sites is 1. The predicted molar refractivity (Wildman–Crippen MR) is 172 cm³/mol. The Kier molecular flexibility index (Phi) is 5.75. The van der Waals surface area contributed by atoms with Crippen LogP contribution in [0.3, 0.4) is 0 Å². The molecule has 0 N–H and O–H groups in total. The Morgan fingerprint density at radius 2 is 0.881 bits per heavy atom. The number of pyridine rings is 2. The van der Waals surface area contributed by atoms with Crippen molar-refractivity contribution in [2.24, 2.45) is 0 Å². The van der Waals surface area contributed by atoms with Crippen LogP contribution in [-0.4, -0.2) is 19.9 Å². The highest BCUT2D eigenvalue weighted by Gasteiger charge is 2.16. The van der Waals surface area contributed by atoms with E-state index in [0.717, 1.165) is 72.0 Å². The largest absolute Gasteiger partial charge is 0.245 e. The molecule has 4 heteroatoms. The molecule has 5 aromatic carbocycles. The second-order valence-electron chi connectivity index (χ2n) is 10.3. The molecule has 3 heterocycles. The van der Waals surface area contributed by atoms with Gasteiger partial charge in [-0.05, 0) is 12.1 Å². The lowest BCUT2D eigenvalue weighted by molar-refractivity contribution is 1.23. The Balaban J connectivity index is 1.38. The highest BCUT2D eigenvalue weighted by Crippen LogP contribution is 2.35. The molecule has 196 valence electrons. The van der Waals surface area contributed by atoms with E-state index in [9.17, 15) is 0 Å². The zero-order valence-electron chi connectivity index (χ0n) is 22.6. The molecule has 0 saturated heterocycles. The standard InChI is InChI=1S/C38H24N4/c1-4-11-25(12-5-1)32-23-21-27-19-20-28-22-24-33(40-36(28)35(27)39-32)30-17-10-18-31-34(26-13-6-2-7-14-26)41-38(42-37(30)31)29-15-8-3-9-16-29/h1-24H. The number of benzene rings is 5. The Bertz CT molecular complexity index is 2230. The minimum absolute atomic E-state index is 0.690. The van der Waals surface area contributed by atoms with Gasteiger partial charge in [-0.1, -0.05) is 133 Å². The number of hydrogen-bond acceptors (Lipinski definition) is 4. The van der Waals surface area contributed by atoms with Crippen molar-refractivity contribution in [3.05, 3.63) is 146 Å². The van der Waals surface area contributed by atoms with Crippen molar-refractivity contribution >= 4 is 32.7 Å². The highest BCUT2D eigenvalue weighted by molar-refractivity contribution is 6.06. The van der Waals surface area contributed by atoms with Gasteiger partial charge in [0.25, 0.3) is 0 Å². The quantitative estimate of drug-likeness (QED) is 0.210. The van der Waals surface area contributed by atoms with E-state index < -0.39 is 0 Å². The van der Waals surface area contributed by atoms with Crippen LogP contribution < -0.4 is 0 Å². The first kappa shape index (κ1) is 24.1. The van der Waals surface area contributed by atoms with Crippen LogP contribution in [0.15, 0.2) is 146 Å². The normalized spacial score (nSPS) is 11.3. The molecule has 0 radical (unpaired) electrons. The molecule has 0 saturated carbocycles. The molecule has 0 amide bonds. The van der Waals surface area contributed by atoms with Crippen molar-refractivity contribution < 1.29 is 0 Å². The molecular formula is C38H24N4. The first-order chi connectivity index (χ1) is 20.8. The lowest BCUT2D eigenvalue weighted by atomic mass is 10.0. The van der Waals surface area contributed by atoms with Crippen molar-refractivity contribution in [2.75, 3.05) is 0 Å². The Morgan fingerprint density at radius 1 is 0.333 bits per heavy atom. The van der Waals surface area contributed by atoms with E-state index in [4.69, 9.17) is 19.9 Å². The van der Waals surface area contributed by atoms with Gasteiger partial charge in [-0.25, -0.2) is 19.9 Å². The van der Waals surface area contributed by atoms with Crippen LogP contribution in [0.2, 0.25) is 0 Å². The fourth-order valence-corrected chi connectivity index (χ4v) is 5.58. The smallest absolute Gasteiger partial charge is 0.160 e. The molecule has 8 aromatic rings. The van der Waals surface area contributed by atoms with Gasteiger partial charge >= 0.3 is 0 Å². The van der Waals surface area contributed by atoms with Crippen molar-refractivity contribution in [1.29, 1.82) is 0 Å². The SMILES string of the molecule is c1ccc(-c2ccc3ccc4ccc(-c5cccc6c(-c7ccccc7)nc(-c7ccccc7)nc56)nc4c3n2)cc1. The molecule has 4 nitrogen and oxygen atoms in total. The van der Waals surface area contributed by atoms with E-state index in [-0.39, 0.29) is 0 Å². The number of hydrogen-bond donors (Lipinski definition) is 0. The summed E-state index contributed by atoms with van der Waals surface area (Å²) in [5.41, 5.74) is 9.39. The van der Waals surface area contributed by atoms with Crippen molar-refractivity contribution in [2.45, 2.75) is 0 Å². The van der Waals surface area contributed by atoms with Gasteiger partial charge in [0.05, 0.1) is 33.6 Å². The monoisotopic (exact) mass is 536 g/mol. The van der Waals surface area contributed by atoms with Crippen molar-refractivity contribution in [1.82, 2.24) is 19.9 Å². The molecule has 0 aliphatic heterocycles. The van der Waals surface area contributed by atoms with E-state index >= 15 is 0 Å². The predicted octanol–water partition coefficient (Wildman–Crippen LogP) is 9.39. The lowest BCUT2D eigenvalue weighted by Crippen LogP contribution is -1.97. The van der Waals surface area contributed by atoms with Crippen LogP contribution in [-0.2, 0) is 0 Å². The fraction of sp³-hybridized carbons (Fsp3) is 0. The summed E-state index contributed by atoms with van der Waals surface area (Å²) in [5, 5.41) is 3.10. The van der Waals surface area contributed by atoms with Crippen LogP contribution in [0.5, 0.6) is 0 Å². The number of aromatic nitrogens is 4. The minimum Gasteiger partial charge on any atom is -0.245 e. The molecule has 3 aromatic heterocycles. The van der Waals surface area contributed by atoms with E-state index in [2.05, 4.69) is 91.0 Å². The van der Waals surface area contributed by atoms with Crippen molar-refractivity contribution in [3.8, 4) is 45.2 Å². The Labute approximate surface area is 243 Å². The maximum absolute atomic E-state index is 5.24. The number of fused-ring (bicyclic) bond motifs is 4. The van der Waals surface area contributed by atoms with Crippen molar-refractivity contribution in [3.63, 3.8) is 0 Å². The van der Waals surface area contributed by atoms with Crippen LogP contribution in [0.1, 0.15) is 0 Å². The average molecular weight is 537 g/mol. The summed E-state index contributed by atoms with van der Waals surface area (Å²) in [6, 6.07) is 49.6. The lowest BCUT2D eigenvalue weighted by Gasteiger charge is -2.13. The molecule has 0 fully saturated rings. The number of nitrogens with zero attached hydrogens (tertiary/aromatic N) is 4. The maximum Gasteiger partial charge on any atom is 0.160 e. The van der Waals surface area contributed by atoms with Crippen LogP contribution >= 0.6 is 0 Å². The second-order valence-corrected chi connectivity index (χ2v) is 10.3. The summed E-state index contributed by atoms with van der Waals surface area (Å²) >= 11 is 0. The van der Waals surface area contributed by atoms with Gasteiger partial charge in [0.15, 0.2) is 5.82 Å². The second kappa shape index (κ2) is 10.0. The molecular weight excluding hydrogens is 512 g/mol. The summed E-state index contributed by atoms with van der Waals surface area (Å²) < 4.78 is 0. The third kappa shape index (κ3) is 4.18. The molecule has 0 atom stereocenters. The van der Waals surface area contributed by atoms with Crippen LogP contribution in [0.4, 0.5) is 0 Å². The molecule has 0 bridgehead atoms. The third-order valence-electron chi connectivity index (χ3n) is 7.67. The summed E-state index contributed by atoms with van der Waals surface area (Å²) in [5.74, 6) is 0.690. The maximum atomic E-state index is 5.24. The van der Waals surface area contributed by atoms with Gasteiger partial charge in [-0.3, -0.25) is 0 Å². The van der Waals surface area contributed by atoms with Gasteiger partial charge < -0.3 is 0 Å². The highest BCUT2D eigenvalue weighted by atomic mass is 14.9. The molecule has 0 unspecified atom stereocenters. The topological polar surface area (TPSA) is 51.6 Å². The van der Waals surface area contributed by atoms with Gasteiger partial charge in [-0.15, -0.1) is 0 Å². The molecule has 8 rings (SSSR count). The van der Waals surface area contributed by atoms with Crippen LogP contribution in [0.25, 0.3) is 77.9 Å². The van der Waals surface area contributed by atoms with E-state index in [1.54, 1.807) is 0 Å². The van der Waals surface area contributed by atoms with Gasteiger partial charge in [0.1, 0.15) is 0 Å². The summed E-state index contributed by atoms with van der Waals surface area (Å²) in [6.07, 6.45) is 0.